The van der Waals surface area contributed by atoms with Crippen LogP contribution in [-0.4, -0.2) is 22.6 Å². The predicted octanol–water partition coefficient (Wildman–Crippen LogP) is 4.46. The number of carbonyl (C=O) groups is 2. The molecular weight excluding hydrogens is 437 g/mol. The van der Waals surface area contributed by atoms with Gasteiger partial charge in [0.1, 0.15) is 0 Å². The van der Waals surface area contributed by atoms with Crippen molar-refractivity contribution in [3.8, 4) is 0 Å². The highest BCUT2D eigenvalue weighted by Gasteiger charge is 2.49. The maximum atomic E-state index is 12.9. The van der Waals surface area contributed by atoms with Crippen LogP contribution in [0.25, 0.3) is 0 Å². The second-order valence-corrected chi connectivity index (χ2v) is 7.50. The Morgan fingerprint density at radius 1 is 1.24 bits per heavy atom. The van der Waals surface area contributed by atoms with Crippen molar-refractivity contribution < 1.29 is 14.7 Å². The summed E-state index contributed by atoms with van der Waals surface area (Å²) in [5.41, 5.74) is 6.66. The number of hydrogen-bond donors (Lipinski definition) is 3. The quantitative estimate of drug-likeness (QED) is 0.615. The zero-order valence-corrected chi connectivity index (χ0v) is 18.1. The largest absolute Gasteiger partial charge is 0.478 e. The highest BCUT2D eigenvalue weighted by molar-refractivity contribution is 6.35. The molecule has 3 rings (SSSR count). The lowest BCUT2D eigenvalue weighted by Crippen LogP contribution is -2.64. The van der Waals surface area contributed by atoms with Gasteiger partial charge in [-0.3, -0.25) is 9.69 Å². The number of nitrogens with one attached hydrogen (secondary N) is 1. The van der Waals surface area contributed by atoms with Gasteiger partial charge in [-0.2, -0.15) is 0 Å². The van der Waals surface area contributed by atoms with Gasteiger partial charge < -0.3 is 16.2 Å². The number of hydrogen-bond acceptors (Lipinski definition) is 4. The lowest BCUT2D eigenvalue weighted by Gasteiger charge is -2.44. The molecule has 0 saturated heterocycles. The molecule has 1 unspecified atom stereocenters. The summed E-state index contributed by atoms with van der Waals surface area (Å²) >= 11 is 12.4. The minimum Gasteiger partial charge on any atom is -0.478 e. The molecule has 1 aliphatic heterocycles. The Labute approximate surface area is 185 Å². The monoisotopic (exact) mass is 457 g/mol. The first-order chi connectivity index (χ1) is 13.3. The van der Waals surface area contributed by atoms with Crippen LogP contribution in [0.2, 0.25) is 10.0 Å². The van der Waals surface area contributed by atoms with E-state index in [1.54, 1.807) is 43.3 Å². The second-order valence-electron chi connectivity index (χ2n) is 6.66. The number of rotatable bonds is 5. The first-order valence-corrected chi connectivity index (χ1v) is 9.69. The Kier molecular flexibility index (Phi) is 7.40. The van der Waals surface area contributed by atoms with E-state index in [2.05, 4.69) is 5.32 Å². The number of amides is 1. The maximum absolute atomic E-state index is 12.9. The SMILES string of the molecule is CCC(=O)N(c1ccc(CN)cc1)C1(C(=O)O)CCc2c(Cl)cc(Cl)cc2N1.Cl. The van der Waals surface area contributed by atoms with Gasteiger partial charge in [-0.15, -0.1) is 12.4 Å². The molecule has 0 spiro atoms. The summed E-state index contributed by atoms with van der Waals surface area (Å²) in [7, 11) is 0. The van der Waals surface area contributed by atoms with E-state index >= 15 is 0 Å². The summed E-state index contributed by atoms with van der Waals surface area (Å²) < 4.78 is 0. The predicted molar refractivity (Wildman–Crippen MR) is 118 cm³/mol. The molecule has 0 aromatic heterocycles. The van der Waals surface area contributed by atoms with Gasteiger partial charge in [0.15, 0.2) is 0 Å². The van der Waals surface area contributed by atoms with E-state index in [-0.39, 0.29) is 31.2 Å². The van der Waals surface area contributed by atoms with Crippen molar-refractivity contribution in [1.29, 1.82) is 0 Å². The number of aliphatic carboxylic acids is 1. The number of carboxylic acid groups (broad SMARTS) is 1. The normalized spacial score (nSPS) is 17.5. The number of halogens is 3. The van der Waals surface area contributed by atoms with Crippen LogP contribution in [0, 0.1) is 0 Å². The Hall–Kier alpha value is -1.99. The molecule has 156 valence electrons. The third kappa shape index (κ3) is 4.31. The van der Waals surface area contributed by atoms with Crippen molar-refractivity contribution in [1.82, 2.24) is 0 Å². The van der Waals surface area contributed by atoms with Gasteiger partial charge in [-0.05, 0) is 41.8 Å². The second kappa shape index (κ2) is 9.22. The number of benzene rings is 2. The van der Waals surface area contributed by atoms with Crippen molar-refractivity contribution in [2.75, 3.05) is 10.2 Å². The lowest BCUT2D eigenvalue weighted by molar-refractivity contribution is -0.144. The molecule has 0 fully saturated rings. The van der Waals surface area contributed by atoms with E-state index in [1.807, 2.05) is 0 Å². The van der Waals surface area contributed by atoms with Crippen LogP contribution in [0.3, 0.4) is 0 Å². The number of fused-ring (bicyclic) bond motifs is 1. The molecule has 0 radical (unpaired) electrons. The van der Waals surface area contributed by atoms with Gasteiger partial charge >= 0.3 is 5.97 Å². The highest BCUT2D eigenvalue weighted by atomic mass is 35.5. The van der Waals surface area contributed by atoms with Crippen LogP contribution < -0.4 is 16.0 Å². The summed E-state index contributed by atoms with van der Waals surface area (Å²) in [6, 6.07) is 10.2. The molecule has 29 heavy (non-hydrogen) atoms. The molecule has 1 heterocycles. The molecule has 6 nitrogen and oxygen atoms in total. The summed E-state index contributed by atoms with van der Waals surface area (Å²) in [5, 5.41) is 14.1. The minimum atomic E-state index is -1.65. The fourth-order valence-corrected chi connectivity index (χ4v) is 4.09. The summed E-state index contributed by atoms with van der Waals surface area (Å²) in [5.74, 6) is -1.47. The Balaban J connectivity index is 0.00000300. The first-order valence-electron chi connectivity index (χ1n) is 8.94. The average Bonchev–Trinajstić information content (AvgIpc) is 2.67. The number of anilines is 2. The number of nitrogens with zero attached hydrogens (tertiary/aromatic N) is 1. The highest BCUT2D eigenvalue weighted by Crippen LogP contribution is 2.40. The molecule has 1 aliphatic rings. The van der Waals surface area contributed by atoms with Gasteiger partial charge in [-0.25, -0.2) is 4.79 Å². The van der Waals surface area contributed by atoms with Crippen molar-refractivity contribution in [3.05, 3.63) is 57.6 Å². The molecule has 2 aromatic rings. The van der Waals surface area contributed by atoms with E-state index in [1.165, 1.54) is 4.90 Å². The van der Waals surface area contributed by atoms with E-state index in [4.69, 9.17) is 28.9 Å². The van der Waals surface area contributed by atoms with Gasteiger partial charge in [0.2, 0.25) is 11.6 Å². The van der Waals surface area contributed by atoms with Crippen LogP contribution in [0.5, 0.6) is 0 Å². The minimum absolute atomic E-state index is 0. The van der Waals surface area contributed by atoms with Gasteiger partial charge in [0.05, 0.1) is 0 Å². The molecule has 9 heteroatoms. The van der Waals surface area contributed by atoms with Gasteiger partial charge in [-0.1, -0.05) is 42.3 Å². The van der Waals surface area contributed by atoms with Crippen molar-refractivity contribution in [2.45, 2.75) is 38.4 Å². The number of carboxylic acids is 1. The third-order valence-corrected chi connectivity index (χ3v) is 5.51. The maximum Gasteiger partial charge on any atom is 0.351 e. The summed E-state index contributed by atoms with van der Waals surface area (Å²) in [6.45, 7) is 2.05. The fourth-order valence-electron chi connectivity index (χ4n) is 3.50. The van der Waals surface area contributed by atoms with Crippen molar-refractivity contribution in [3.63, 3.8) is 0 Å². The van der Waals surface area contributed by atoms with Crippen LogP contribution in [-0.2, 0) is 22.6 Å². The average molecular weight is 459 g/mol. The molecule has 4 N–H and O–H groups in total. The van der Waals surface area contributed by atoms with Crippen LogP contribution in [0.1, 0.15) is 30.9 Å². The van der Waals surface area contributed by atoms with Crippen molar-refractivity contribution >= 4 is 58.9 Å². The molecule has 1 amide bonds. The zero-order chi connectivity index (χ0) is 20.5. The molecule has 0 aliphatic carbocycles. The van der Waals surface area contributed by atoms with Gasteiger partial charge in [0, 0.05) is 40.8 Å². The van der Waals surface area contributed by atoms with Crippen LogP contribution in [0.15, 0.2) is 36.4 Å². The standard InChI is InChI=1S/C20H21Cl2N3O3.ClH/c1-2-18(26)25(14-5-3-12(11-23)4-6-14)20(19(27)28)8-7-15-16(22)9-13(21)10-17(15)24-20;/h3-6,9-10,24H,2,7-8,11,23H2,1H3,(H,27,28);1H. The summed E-state index contributed by atoms with van der Waals surface area (Å²) in [4.78, 5) is 26.7. The van der Waals surface area contributed by atoms with Crippen LogP contribution >= 0.6 is 35.6 Å². The number of nitrogens with two attached hydrogens (primary N) is 1. The fraction of sp³-hybridized carbons (Fsp3) is 0.300. The van der Waals surface area contributed by atoms with E-state index in [0.717, 1.165) is 11.1 Å². The Bertz CT molecular complexity index is 921. The Morgan fingerprint density at radius 3 is 2.45 bits per heavy atom. The number of carbonyl (C=O) groups excluding carboxylic acids is 1. The molecule has 1 atom stereocenters. The Morgan fingerprint density at radius 2 is 1.90 bits per heavy atom. The zero-order valence-electron chi connectivity index (χ0n) is 15.7. The lowest BCUT2D eigenvalue weighted by atomic mass is 9.90. The van der Waals surface area contributed by atoms with E-state index in [0.29, 0.717) is 34.4 Å². The van der Waals surface area contributed by atoms with Gasteiger partial charge in [0.25, 0.3) is 0 Å². The topological polar surface area (TPSA) is 95.7 Å². The molecule has 2 aromatic carbocycles. The molecule has 0 saturated carbocycles. The van der Waals surface area contributed by atoms with Crippen LogP contribution in [0.4, 0.5) is 11.4 Å². The molecule has 0 bridgehead atoms. The first kappa shape index (κ1) is 23.3. The molecular formula is C20H22Cl3N3O3. The smallest absolute Gasteiger partial charge is 0.351 e. The third-order valence-electron chi connectivity index (χ3n) is 4.96. The van der Waals surface area contributed by atoms with E-state index < -0.39 is 11.6 Å². The van der Waals surface area contributed by atoms with Crippen molar-refractivity contribution in [2.24, 2.45) is 5.73 Å². The summed E-state index contributed by atoms with van der Waals surface area (Å²) in [6.07, 6.45) is 0.693. The van der Waals surface area contributed by atoms with E-state index in [9.17, 15) is 14.7 Å².